The fourth-order valence-electron chi connectivity index (χ4n) is 1.88. The van der Waals surface area contributed by atoms with Crippen molar-refractivity contribution in [1.29, 1.82) is 0 Å². The van der Waals surface area contributed by atoms with Crippen molar-refractivity contribution in [1.82, 2.24) is 25.4 Å². The van der Waals surface area contributed by atoms with Crippen molar-refractivity contribution >= 4 is 34.0 Å². The number of thiophene rings is 1. The van der Waals surface area contributed by atoms with Crippen LogP contribution in [0, 0.1) is 5.92 Å². The molecule has 0 radical (unpaired) electrons. The van der Waals surface area contributed by atoms with Crippen LogP contribution >= 0.6 is 23.7 Å². The van der Waals surface area contributed by atoms with E-state index in [4.69, 9.17) is 5.73 Å². The molecule has 4 N–H and O–H groups in total. The van der Waals surface area contributed by atoms with E-state index in [9.17, 15) is 4.79 Å². The number of rotatable bonds is 3. The van der Waals surface area contributed by atoms with E-state index in [0.717, 1.165) is 4.88 Å². The summed E-state index contributed by atoms with van der Waals surface area (Å²) in [6, 6.07) is 1.55. The lowest BCUT2D eigenvalue weighted by Gasteiger charge is -2.13. The average molecular weight is 327 g/mol. The van der Waals surface area contributed by atoms with Crippen LogP contribution in [-0.4, -0.2) is 25.4 Å². The van der Waals surface area contributed by atoms with E-state index >= 15 is 0 Å². The van der Waals surface area contributed by atoms with Gasteiger partial charge in [-0.3, -0.25) is 4.79 Å². The smallest absolute Gasteiger partial charge is 0.268 e. The number of aromatic nitrogens is 5. The van der Waals surface area contributed by atoms with Crippen molar-refractivity contribution in [3.8, 4) is 10.6 Å². The summed E-state index contributed by atoms with van der Waals surface area (Å²) in [7, 11) is 0. The van der Waals surface area contributed by atoms with E-state index < -0.39 is 0 Å². The summed E-state index contributed by atoms with van der Waals surface area (Å²) in [5, 5.41) is 10.3. The number of aromatic amines is 2. The van der Waals surface area contributed by atoms with E-state index in [0.29, 0.717) is 21.7 Å². The number of halogens is 1. The Morgan fingerprint density at radius 2 is 2.14 bits per heavy atom. The van der Waals surface area contributed by atoms with Crippen LogP contribution in [-0.2, 0) is 0 Å². The van der Waals surface area contributed by atoms with Gasteiger partial charge in [-0.25, -0.2) is 4.98 Å². The van der Waals surface area contributed by atoms with E-state index in [1.54, 1.807) is 6.20 Å². The van der Waals surface area contributed by atoms with Gasteiger partial charge >= 0.3 is 0 Å². The Kier molecular flexibility index (Phi) is 4.40. The lowest BCUT2D eigenvalue weighted by Crippen LogP contribution is -2.23. The Labute approximate surface area is 130 Å². The molecule has 21 heavy (non-hydrogen) atoms. The third kappa shape index (κ3) is 2.82. The highest BCUT2D eigenvalue weighted by Crippen LogP contribution is 2.29. The van der Waals surface area contributed by atoms with Crippen molar-refractivity contribution in [2.75, 3.05) is 0 Å². The van der Waals surface area contributed by atoms with E-state index in [-0.39, 0.29) is 29.9 Å². The fraction of sp³-hybridized carbons (Fsp3) is 0.333. The maximum Gasteiger partial charge on any atom is 0.268 e. The molecule has 0 spiro atoms. The summed E-state index contributed by atoms with van der Waals surface area (Å²) in [5.41, 5.74) is 7.21. The van der Waals surface area contributed by atoms with E-state index in [1.807, 2.05) is 19.9 Å². The molecule has 0 fully saturated rings. The number of nitrogens with zero attached hydrogens (tertiary/aromatic N) is 3. The molecule has 0 aliphatic carbocycles. The van der Waals surface area contributed by atoms with Gasteiger partial charge in [0.25, 0.3) is 5.56 Å². The Morgan fingerprint density at radius 1 is 1.38 bits per heavy atom. The molecule has 0 saturated heterocycles. The molecule has 0 aromatic carbocycles. The maximum absolute atomic E-state index is 12.1. The van der Waals surface area contributed by atoms with Crippen molar-refractivity contribution in [3.63, 3.8) is 0 Å². The predicted molar refractivity (Wildman–Crippen MR) is 84.6 cm³/mol. The molecular weight excluding hydrogens is 312 g/mol. The molecule has 0 bridgehead atoms. The lowest BCUT2D eigenvalue weighted by molar-refractivity contribution is 0.491. The molecule has 0 saturated carbocycles. The van der Waals surface area contributed by atoms with Gasteiger partial charge in [0.1, 0.15) is 16.2 Å². The van der Waals surface area contributed by atoms with Crippen LogP contribution in [0.5, 0.6) is 0 Å². The van der Waals surface area contributed by atoms with Crippen LogP contribution < -0.4 is 11.3 Å². The summed E-state index contributed by atoms with van der Waals surface area (Å²) in [5.74, 6) is 0.714. The lowest BCUT2D eigenvalue weighted by atomic mass is 10.1. The topological polar surface area (TPSA) is 113 Å². The molecule has 0 aliphatic heterocycles. The molecular formula is C12H15ClN6OS. The minimum atomic E-state index is -0.289. The summed E-state index contributed by atoms with van der Waals surface area (Å²) in [6.07, 6.45) is 1.61. The van der Waals surface area contributed by atoms with Gasteiger partial charge in [-0.15, -0.1) is 23.7 Å². The number of nitrogens with two attached hydrogens (primary N) is 1. The van der Waals surface area contributed by atoms with Gasteiger partial charge in [-0.2, -0.15) is 15.4 Å². The third-order valence-corrected chi connectivity index (χ3v) is 4.25. The zero-order chi connectivity index (χ0) is 14.3. The number of H-pyrrole nitrogens is 2. The number of hydrogen-bond acceptors (Lipinski definition) is 6. The monoisotopic (exact) mass is 326 g/mol. The quantitative estimate of drug-likeness (QED) is 0.679. The third-order valence-electron chi connectivity index (χ3n) is 3.10. The van der Waals surface area contributed by atoms with Gasteiger partial charge in [0, 0.05) is 0 Å². The standard InChI is InChI=1S/C12H14N6OS.ClH/c1-5(2)9(13)11-15-6-3-8(7-4-14-18-17-7)20-10(6)12(19)16-11;/h3-5,9H,13H2,1-2H3,(H,14,17,18)(H,15,16,19);1H. The summed E-state index contributed by atoms with van der Waals surface area (Å²) in [6.45, 7) is 3.98. The Hall–Kier alpha value is -1.77. The number of fused-ring (bicyclic) bond motifs is 1. The molecule has 1 unspecified atom stereocenters. The summed E-state index contributed by atoms with van der Waals surface area (Å²) >= 11 is 1.34. The van der Waals surface area contributed by atoms with Crippen LogP contribution in [0.15, 0.2) is 17.1 Å². The molecule has 3 aromatic rings. The molecule has 7 nitrogen and oxygen atoms in total. The normalized spacial score (nSPS) is 12.6. The highest BCUT2D eigenvalue weighted by Gasteiger charge is 2.17. The number of hydrogen-bond donors (Lipinski definition) is 3. The maximum atomic E-state index is 12.1. The summed E-state index contributed by atoms with van der Waals surface area (Å²) < 4.78 is 0.572. The first kappa shape index (κ1) is 15.6. The highest BCUT2D eigenvalue weighted by molar-refractivity contribution is 7.22. The Morgan fingerprint density at radius 3 is 2.76 bits per heavy atom. The molecule has 0 aliphatic rings. The first-order valence-electron chi connectivity index (χ1n) is 6.21. The van der Waals surface area contributed by atoms with Crippen molar-refractivity contribution in [2.24, 2.45) is 11.7 Å². The Bertz CT molecular complexity index is 794. The van der Waals surface area contributed by atoms with Crippen molar-refractivity contribution in [3.05, 3.63) is 28.4 Å². The van der Waals surface area contributed by atoms with E-state index in [1.165, 1.54) is 11.3 Å². The largest absolute Gasteiger partial charge is 0.321 e. The molecule has 3 rings (SSSR count). The molecule has 112 valence electrons. The molecule has 1 atom stereocenters. The second-order valence-corrected chi connectivity index (χ2v) is 5.95. The minimum Gasteiger partial charge on any atom is -0.321 e. The van der Waals surface area contributed by atoms with Crippen LogP contribution in [0.4, 0.5) is 0 Å². The second-order valence-electron chi connectivity index (χ2n) is 4.90. The van der Waals surface area contributed by atoms with Crippen molar-refractivity contribution < 1.29 is 0 Å². The number of nitrogens with one attached hydrogen (secondary N) is 2. The van der Waals surface area contributed by atoms with Gasteiger partial charge in [0.05, 0.1) is 22.6 Å². The highest BCUT2D eigenvalue weighted by atomic mass is 35.5. The second kappa shape index (κ2) is 5.92. The van der Waals surface area contributed by atoms with Gasteiger partial charge < -0.3 is 10.7 Å². The van der Waals surface area contributed by atoms with Crippen LogP contribution in [0.1, 0.15) is 25.7 Å². The van der Waals surface area contributed by atoms with Gasteiger partial charge in [0.2, 0.25) is 0 Å². The SMILES string of the molecule is CC(C)C(N)c1nc2cc(-c3cn[nH]n3)sc2c(=O)[nH]1.Cl. The average Bonchev–Trinajstić information content (AvgIpc) is 3.05. The fourth-order valence-corrected chi connectivity index (χ4v) is 2.82. The van der Waals surface area contributed by atoms with Gasteiger partial charge in [-0.05, 0) is 12.0 Å². The molecule has 0 amide bonds. The predicted octanol–water partition coefficient (Wildman–Crippen LogP) is 1.85. The van der Waals surface area contributed by atoms with Crippen LogP contribution in [0.2, 0.25) is 0 Å². The zero-order valence-electron chi connectivity index (χ0n) is 11.5. The minimum absolute atomic E-state index is 0. The molecule has 9 heteroatoms. The van der Waals surface area contributed by atoms with Gasteiger partial charge in [-0.1, -0.05) is 13.8 Å². The van der Waals surface area contributed by atoms with Crippen molar-refractivity contribution in [2.45, 2.75) is 19.9 Å². The zero-order valence-corrected chi connectivity index (χ0v) is 13.1. The van der Waals surface area contributed by atoms with Crippen LogP contribution in [0.25, 0.3) is 20.8 Å². The summed E-state index contributed by atoms with van der Waals surface area (Å²) in [4.78, 5) is 20.2. The molecule has 3 heterocycles. The van der Waals surface area contributed by atoms with E-state index in [2.05, 4.69) is 25.4 Å². The molecule has 3 aromatic heterocycles. The Balaban J connectivity index is 0.00000161. The first-order chi connectivity index (χ1) is 9.56. The van der Waals surface area contributed by atoms with Gasteiger partial charge in [0.15, 0.2) is 0 Å². The first-order valence-corrected chi connectivity index (χ1v) is 7.03. The van der Waals surface area contributed by atoms with Crippen LogP contribution in [0.3, 0.4) is 0 Å².